The Hall–Kier alpha value is -2.53. The highest BCUT2D eigenvalue weighted by Gasteiger charge is 2.33. The molecule has 2 fully saturated rings. The van der Waals surface area contributed by atoms with Crippen molar-refractivity contribution in [3.05, 3.63) is 0 Å². The third-order valence-corrected chi connectivity index (χ3v) is 5.10. The first-order valence-electron chi connectivity index (χ1n) is 9.70. The second-order valence-corrected chi connectivity index (χ2v) is 7.43. The Morgan fingerprint density at radius 1 is 0.966 bits per heavy atom. The largest absolute Gasteiger partial charge is 0.355 e. The Morgan fingerprint density at radius 3 is 2.24 bits per heavy atom. The average molecular weight is 420 g/mol. The van der Waals surface area contributed by atoms with Crippen LogP contribution >= 0.6 is 0 Å². The van der Waals surface area contributed by atoms with Crippen LogP contribution in [0.4, 0.5) is 0 Å². The van der Waals surface area contributed by atoms with Gasteiger partial charge in [-0.2, -0.15) is 0 Å². The van der Waals surface area contributed by atoms with Crippen molar-refractivity contribution in [3.8, 4) is 0 Å². The predicted molar refractivity (Wildman–Crippen MR) is 101 cm³/mol. The summed E-state index contributed by atoms with van der Waals surface area (Å²) in [5, 5.41) is 5.77. The van der Waals surface area contributed by atoms with E-state index in [1.807, 2.05) is 19.0 Å². The van der Waals surface area contributed by atoms with Crippen LogP contribution in [0.5, 0.6) is 0 Å². The van der Waals surface area contributed by atoms with Crippen molar-refractivity contribution in [3.63, 3.8) is 0 Å². The minimum Gasteiger partial charge on any atom is -0.355 e. The van der Waals surface area contributed by atoms with Gasteiger partial charge in [-0.15, -0.1) is 5.06 Å². The van der Waals surface area contributed by atoms with Crippen molar-refractivity contribution >= 4 is 29.6 Å². The van der Waals surface area contributed by atoms with Crippen LogP contribution < -0.4 is 10.6 Å². The van der Waals surface area contributed by atoms with Crippen LogP contribution in [0.3, 0.4) is 0 Å². The molecular formula is C18H29N5O6. The lowest BCUT2D eigenvalue weighted by Gasteiger charge is -2.41. The molecule has 29 heavy (non-hydrogen) atoms. The van der Waals surface area contributed by atoms with Gasteiger partial charge < -0.3 is 20.4 Å². The maximum atomic E-state index is 12.3. The zero-order valence-electron chi connectivity index (χ0n) is 17.1. The molecule has 2 atom stereocenters. The van der Waals surface area contributed by atoms with Crippen molar-refractivity contribution in [1.82, 2.24) is 25.5 Å². The molecule has 0 aromatic carbocycles. The second kappa shape index (κ2) is 10.3. The van der Waals surface area contributed by atoms with Gasteiger partial charge in [0.25, 0.3) is 11.8 Å². The van der Waals surface area contributed by atoms with Crippen LogP contribution in [0, 0.1) is 0 Å². The van der Waals surface area contributed by atoms with E-state index in [4.69, 9.17) is 4.84 Å². The molecule has 0 aromatic heterocycles. The third kappa shape index (κ3) is 6.50. The van der Waals surface area contributed by atoms with E-state index in [1.54, 1.807) is 0 Å². The van der Waals surface area contributed by atoms with Gasteiger partial charge in [-0.3, -0.25) is 24.1 Å². The summed E-state index contributed by atoms with van der Waals surface area (Å²) in [5.41, 5.74) is 0. The monoisotopic (exact) mass is 420 g/mol. The Balaban J connectivity index is 1.60. The smallest absolute Gasteiger partial charge is 0.334 e. The van der Waals surface area contributed by atoms with Gasteiger partial charge in [-0.05, 0) is 21.0 Å². The Labute approximate surface area is 169 Å². The molecule has 2 rings (SSSR count). The molecule has 0 radical (unpaired) electrons. The molecule has 2 N–H and O–H groups in total. The lowest BCUT2D eigenvalue weighted by atomic mass is 10.4. The van der Waals surface area contributed by atoms with Gasteiger partial charge in [-0.25, -0.2) is 4.79 Å². The lowest BCUT2D eigenvalue weighted by Crippen LogP contribution is -2.59. The molecule has 0 saturated carbocycles. The quantitative estimate of drug-likeness (QED) is 0.269. The number of piperazine rings is 1. The van der Waals surface area contributed by atoms with Gasteiger partial charge in [0.05, 0.1) is 6.42 Å². The van der Waals surface area contributed by atoms with Crippen LogP contribution in [0.15, 0.2) is 0 Å². The molecule has 4 amide bonds. The minimum absolute atomic E-state index is 0.00980. The molecule has 0 spiro atoms. The summed E-state index contributed by atoms with van der Waals surface area (Å²) in [6, 6.07) is 0.119. The molecule has 2 unspecified atom stereocenters. The topological polar surface area (TPSA) is 128 Å². The van der Waals surface area contributed by atoms with Crippen LogP contribution in [-0.2, 0) is 28.8 Å². The number of hydrogen-bond acceptors (Lipinski definition) is 8. The van der Waals surface area contributed by atoms with E-state index in [1.165, 1.54) is 0 Å². The number of carbonyl (C=O) groups excluding carboxylic acids is 5. The van der Waals surface area contributed by atoms with Gasteiger partial charge in [0.2, 0.25) is 11.8 Å². The fraction of sp³-hybridized carbons (Fsp3) is 0.722. The molecule has 0 bridgehead atoms. The highest BCUT2D eigenvalue weighted by Crippen LogP contribution is 2.13. The SMILES string of the molecule is [13CH3][13CH]1[13CH2]N([13CH3])[13CH](C(=O)NCCC(=O)[15NH]CC[13C](=O)ON2C(=O)CCC2=O)[13CH2]N1[13CH3]. The number of nitrogens with zero attached hydrogens (tertiary/aromatic N) is 3. The van der Waals surface area contributed by atoms with Gasteiger partial charge in [-0.1, -0.05) is 0 Å². The van der Waals surface area contributed by atoms with E-state index in [0.29, 0.717) is 17.6 Å². The maximum absolute atomic E-state index is 12.3. The van der Waals surface area contributed by atoms with Crippen molar-refractivity contribution in [2.75, 3.05) is 40.3 Å². The van der Waals surface area contributed by atoms with E-state index >= 15 is 0 Å². The fourth-order valence-electron chi connectivity index (χ4n) is 3.17. The van der Waals surface area contributed by atoms with Gasteiger partial charge in [0.1, 0.15) is 6.04 Å². The van der Waals surface area contributed by atoms with Crippen molar-refractivity contribution in [2.24, 2.45) is 0 Å². The molecule has 2 aliphatic rings. The van der Waals surface area contributed by atoms with Crippen LogP contribution in [-0.4, -0.2) is 96.8 Å². The van der Waals surface area contributed by atoms with Gasteiger partial charge in [0.15, 0.2) is 0 Å². The number of imide groups is 1. The number of hydroxylamine groups is 2. The first kappa shape index (κ1) is 22.8. The summed E-state index contributed by atoms with van der Waals surface area (Å²) >= 11 is 0. The average Bonchev–Trinajstić information content (AvgIpc) is 2.96. The fourth-order valence-corrected chi connectivity index (χ4v) is 3.17. The van der Waals surface area contributed by atoms with Crippen LogP contribution in [0.2, 0.25) is 0 Å². The summed E-state index contributed by atoms with van der Waals surface area (Å²) in [7, 11) is 3.88. The van der Waals surface area contributed by atoms with E-state index in [9.17, 15) is 24.0 Å². The lowest BCUT2D eigenvalue weighted by molar-refractivity contribution is -0.197. The highest BCUT2D eigenvalue weighted by atomic mass is 16.8. The second-order valence-electron chi connectivity index (χ2n) is 7.43. The number of carbonyl (C=O) groups is 5. The number of nitrogens with one attached hydrogen (secondary N) is 2. The van der Waals surface area contributed by atoms with E-state index < -0.39 is 17.8 Å². The van der Waals surface area contributed by atoms with E-state index in [-0.39, 0.29) is 56.6 Å². The van der Waals surface area contributed by atoms with Crippen molar-refractivity contribution in [1.29, 1.82) is 0 Å². The molecule has 0 aromatic rings. The Bertz CT molecular complexity index is 653. The summed E-state index contributed by atoms with van der Waals surface area (Å²) in [5.74, 6) is -2.32. The third-order valence-electron chi connectivity index (χ3n) is 5.10. The first-order valence-corrected chi connectivity index (χ1v) is 9.70. The predicted octanol–water partition coefficient (Wildman–Crippen LogP) is -1.76. The molecule has 11 heteroatoms. The number of rotatable bonds is 8. The van der Waals surface area contributed by atoms with E-state index in [0.717, 1.165) is 6.54 Å². The molecule has 0 aliphatic carbocycles. The molecule has 162 valence electrons. The number of hydrogen-bond donors (Lipinski definition) is 2. The highest BCUT2D eigenvalue weighted by molar-refractivity contribution is 6.01. The van der Waals surface area contributed by atoms with Crippen LogP contribution in [0.25, 0.3) is 0 Å². The summed E-state index contributed by atoms with van der Waals surface area (Å²) < 4.78 is 0. The normalized spacial score (nSPS) is 23.2. The van der Waals surface area contributed by atoms with E-state index in [2.05, 4.69) is 22.5 Å². The molecule has 2 heterocycles. The summed E-state index contributed by atoms with van der Waals surface area (Å²) in [4.78, 5) is 67.4. The van der Waals surface area contributed by atoms with Crippen LogP contribution in [0.1, 0.15) is 32.6 Å². The molecule has 11 nitrogen and oxygen atoms in total. The zero-order chi connectivity index (χ0) is 21.6. The maximum Gasteiger partial charge on any atom is 0.334 e. The molecule has 2 aliphatic heterocycles. The van der Waals surface area contributed by atoms with Crippen molar-refractivity contribution < 1.29 is 28.8 Å². The standard InChI is InChI=1S/C18H29N5O6/c1-12-10-22(3)13(11-21(12)2)18(28)20-8-6-14(24)19-9-7-17(27)29-23-15(25)4-5-16(23)26/h12-13H,4-11H2,1-3H3,(H,19,24)(H,20,28)/i1+1,2+1,3+1,10+1,11+1,12+1,13+1,17+1,19+1. The number of amides is 4. The molecular weight excluding hydrogens is 391 g/mol. The summed E-state index contributed by atoms with van der Waals surface area (Å²) in [6.07, 6.45) is -0.0415. The van der Waals surface area contributed by atoms with Gasteiger partial charge in [0, 0.05) is 51.5 Å². The minimum atomic E-state index is -0.777. The summed E-state index contributed by atoms with van der Waals surface area (Å²) in [6.45, 7) is 3.72. The zero-order valence-corrected chi connectivity index (χ0v) is 17.1. The molecule has 2 saturated heterocycles. The number of likely N-dealkylation sites (N-methyl/N-ethyl adjacent to an activating group) is 2. The first-order chi connectivity index (χ1) is 13.7. The van der Waals surface area contributed by atoms with Crippen molar-refractivity contribution in [2.45, 2.75) is 44.7 Å². The Morgan fingerprint density at radius 2 is 1.59 bits per heavy atom. The van der Waals surface area contributed by atoms with Gasteiger partial charge >= 0.3 is 5.97 Å². The Kier molecular flexibility index (Phi) is 8.09.